The van der Waals surface area contributed by atoms with Gasteiger partial charge in [0.25, 0.3) is 5.91 Å². The van der Waals surface area contributed by atoms with E-state index in [-0.39, 0.29) is 5.91 Å². The molecule has 2 aromatic heterocycles. The first-order valence-electron chi connectivity index (χ1n) is 10.6. The van der Waals surface area contributed by atoms with Crippen LogP contribution in [0.25, 0.3) is 22.2 Å². The molecule has 0 spiro atoms. The molecule has 0 fully saturated rings. The number of anilines is 2. The minimum Gasteiger partial charge on any atom is -0.489 e. The number of amides is 1. The molecule has 1 aliphatic heterocycles. The van der Waals surface area contributed by atoms with E-state index in [9.17, 15) is 4.79 Å². The topological polar surface area (TPSA) is 70.6 Å². The largest absolute Gasteiger partial charge is 0.489 e. The summed E-state index contributed by atoms with van der Waals surface area (Å²) in [5.41, 5.74) is 7.05. The Morgan fingerprint density at radius 3 is 2.62 bits per heavy atom. The number of halogens is 2. The Labute approximate surface area is 206 Å². The summed E-state index contributed by atoms with van der Waals surface area (Å²) in [6, 6.07) is 14.7. The molecule has 2 aromatic carbocycles. The molecule has 0 bridgehead atoms. The fraction of sp³-hybridized carbons (Fsp3) is 0.160. The van der Waals surface area contributed by atoms with Gasteiger partial charge in [-0.2, -0.15) is 0 Å². The number of carbonyl (C=O) groups is 1. The lowest BCUT2D eigenvalue weighted by molar-refractivity contribution is 0.0945. The number of aromatic nitrogens is 2. The first-order valence-corrected chi connectivity index (χ1v) is 11.4. The molecule has 0 atom stereocenters. The molecule has 7 nitrogen and oxygen atoms in total. The molecule has 0 unspecified atom stereocenters. The molecule has 172 valence electrons. The highest BCUT2D eigenvalue weighted by Crippen LogP contribution is 2.35. The third-order valence-corrected chi connectivity index (χ3v) is 5.99. The minimum atomic E-state index is -0.265. The number of para-hydroxylation sites is 2. The normalized spacial score (nSPS) is 12.8. The lowest BCUT2D eigenvalue weighted by atomic mass is 10.0. The molecule has 3 heterocycles. The number of hydrazine groups is 1. The van der Waals surface area contributed by atoms with E-state index in [4.69, 9.17) is 27.9 Å². The number of ether oxygens (including phenoxy) is 1. The van der Waals surface area contributed by atoms with E-state index in [1.807, 2.05) is 49.3 Å². The minimum absolute atomic E-state index is 0.265. The first-order chi connectivity index (χ1) is 16.4. The summed E-state index contributed by atoms with van der Waals surface area (Å²) in [6.07, 6.45) is 3.28. The van der Waals surface area contributed by atoms with Crippen LogP contribution in [0.2, 0.25) is 10.0 Å². The number of fused-ring (bicyclic) bond motifs is 2. The molecule has 0 saturated carbocycles. The Hall–Kier alpha value is -3.55. The summed E-state index contributed by atoms with van der Waals surface area (Å²) < 4.78 is 5.69. The molecule has 5 rings (SSSR count). The smallest absolute Gasteiger partial charge is 0.273 e. The fourth-order valence-electron chi connectivity index (χ4n) is 4.13. The van der Waals surface area contributed by atoms with Crippen molar-refractivity contribution in [3.05, 3.63) is 76.5 Å². The van der Waals surface area contributed by atoms with E-state index in [1.165, 1.54) is 0 Å². The number of nitrogens with one attached hydrogen (secondary N) is 1. The van der Waals surface area contributed by atoms with Gasteiger partial charge in [-0.15, -0.1) is 0 Å². The van der Waals surface area contributed by atoms with Crippen molar-refractivity contribution in [2.45, 2.75) is 0 Å². The molecule has 0 aliphatic carbocycles. The maximum atomic E-state index is 13.4. The van der Waals surface area contributed by atoms with E-state index in [2.05, 4.69) is 15.4 Å². The van der Waals surface area contributed by atoms with Crippen LogP contribution in [0.5, 0.6) is 5.75 Å². The van der Waals surface area contributed by atoms with Gasteiger partial charge >= 0.3 is 0 Å². The first kappa shape index (κ1) is 22.3. The van der Waals surface area contributed by atoms with Crippen LogP contribution >= 0.6 is 23.2 Å². The summed E-state index contributed by atoms with van der Waals surface area (Å²) >= 11 is 12.4. The summed E-state index contributed by atoms with van der Waals surface area (Å²) in [5.74, 6) is 0.466. The van der Waals surface area contributed by atoms with E-state index in [1.54, 1.807) is 35.6 Å². The summed E-state index contributed by atoms with van der Waals surface area (Å²) in [4.78, 5) is 24.5. The van der Waals surface area contributed by atoms with Crippen LogP contribution in [-0.4, -0.2) is 43.1 Å². The van der Waals surface area contributed by atoms with Gasteiger partial charge in [0, 0.05) is 47.5 Å². The average Bonchev–Trinajstić information content (AvgIpc) is 2.82. The predicted octanol–water partition coefficient (Wildman–Crippen LogP) is 5.21. The molecule has 4 aromatic rings. The Bertz CT molecular complexity index is 1390. The number of benzene rings is 2. The van der Waals surface area contributed by atoms with Crippen LogP contribution in [0, 0.1) is 0 Å². The predicted molar refractivity (Wildman–Crippen MR) is 136 cm³/mol. The highest BCUT2D eigenvalue weighted by atomic mass is 35.5. The number of hydrogen-bond acceptors (Lipinski definition) is 6. The highest BCUT2D eigenvalue weighted by Gasteiger charge is 2.24. The second-order valence-corrected chi connectivity index (χ2v) is 8.91. The standard InChI is InChI=1S/C25H21Cl2N5O2/c1-31(2)24-18-7-8-28-22(15-11-16(26)13-17(27)12-15)23(18)29-14-19(24)25(33)30-32-9-10-34-21-6-4-3-5-20(21)32/h3-8,11-14H,9-10H2,1-2H3,(H,30,33). The van der Waals surface area contributed by atoms with Crippen molar-refractivity contribution < 1.29 is 9.53 Å². The zero-order valence-corrected chi connectivity index (χ0v) is 20.1. The third kappa shape index (κ3) is 4.08. The number of nitrogens with zero attached hydrogens (tertiary/aromatic N) is 4. The average molecular weight is 494 g/mol. The van der Waals surface area contributed by atoms with Gasteiger partial charge in [0.2, 0.25) is 0 Å². The molecular weight excluding hydrogens is 473 g/mol. The number of pyridine rings is 2. The third-order valence-electron chi connectivity index (χ3n) is 5.55. The van der Waals surface area contributed by atoms with Gasteiger partial charge in [0.1, 0.15) is 12.4 Å². The number of rotatable bonds is 4. The molecule has 1 amide bonds. The van der Waals surface area contributed by atoms with Gasteiger partial charge in [0.05, 0.1) is 34.7 Å². The maximum absolute atomic E-state index is 13.4. The van der Waals surface area contributed by atoms with Gasteiger partial charge in [-0.25, -0.2) is 0 Å². The zero-order valence-electron chi connectivity index (χ0n) is 18.5. The van der Waals surface area contributed by atoms with E-state index in [0.29, 0.717) is 40.0 Å². The number of hydrogen-bond donors (Lipinski definition) is 1. The SMILES string of the molecule is CN(C)c1c(C(=O)NN2CCOc3ccccc32)cnc2c(-c3cc(Cl)cc(Cl)c3)nccc12. The van der Waals surface area contributed by atoms with Crippen molar-refractivity contribution in [2.75, 3.05) is 37.2 Å². The van der Waals surface area contributed by atoms with Crippen LogP contribution < -0.4 is 20.1 Å². The van der Waals surface area contributed by atoms with Gasteiger partial charge in [0.15, 0.2) is 0 Å². The number of carbonyl (C=O) groups excluding carboxylic acids is 1. The molecule has 34 heavy (non-hydrogen) atoms. The maximum Gasteiger partial charge on any atom is 0.273 e. The van der Waals surface area contributed by atoms with Gasteiger partial charge in [-0.3, -0.25) is 25.2 Å². The van der Waals surface area contributed by atoms with Gasteiger partial charge in [-0.05, 0) is 36.4 Å². The van der Waals surface area contributed by atoms with Crippen molar-refractivity contribution in [3.63, 3.8) is 0 Å². The summed E-state index contributed by atoms with van der Waals surface area (Å²) in [5, 5.41) is 3.62. The molecule has 1 N–H and O–H groups in total. The van der Waals surface area contributed by atoms with Gasteiger partial charge in [-0.1, -0.05) is 35.3 Å². The van der Waals surface area contributed by atoms with Crippen molar-refractivity contribution in [2.24, 2.45) is 0 Å². The zero-order chi connectivity index (χ0) is 23.8. The van der Waals surface area contributed by atoms with Crippen LogP contribution in [0.1, 0.15) is 10.4 Å². The fourth-order valence-corrected chi connectivity index (χ4v) is 4.66. The van der Waals surface area contributed by atoms with Crippen LogP contribution in [0.15, 0.2) is 60.9 Å². The van der Waals surface area contributed by atoms with Crippen molar-refractivity contribution in [3.8, 4) is 17.0 Å². The molecule has 9 heteroatoms. The Morgan fingerprint density at radius 1 is 1.09 bits per heavy atom. The Kier molecular flexibility index (Phi) is 5.89. The molecule has 0 radical (unpaired) electrons. The molecule has 1 aliphatic rings. The quantitative estimate of drug-likeness (QED) is 0.420. The Morgan fingerprint density at radius 2 is 1.85 bits per heavy atom. The summed E-state index contributed by atoms with van der Waals surface area (Å²) in [6.45, 7) is 1.01. The highest BCUT2D eigenvalue weighted by molar-refractivity contribution is 6.35. The van der Waals surface area contributed by atoms with Gasteiger partial charge < -0.3 is 9.64 Å². The summed E-state index contributed by atoms with van der Waals surface area (Å²) in [7, 11) is 3.79. The molecular formula is C25H21Cl2N5O2. The van der Waals surface area contributed by atoms with Crippen molar-refractivity contribution >= 4 is 51.4 Å². The van der Waals surface area contributed by atoms with Crippen LogP contribution in [0.4, 0.5) is 11.4 Å². The lowest BCUT2D eigenvalue weighted by Crippen LogP contribution is -2.47. The van der Waals surface area contributed by atoms with Crippen LogP contribution in [0.3, 0.4) is 0 Å². The second kappa shape index (κ2) is 9.00. The van der Waals surface area contributed by atoms with E-state index >= 15 is 0 Å². The monoisotopic (exact) mass is 493 g/mol. The second-order valence-electron chi connectivity index (χ2n) is 8.04. The van der Waals surface area contributed by atoms with Crippen molar-refractivity contribution in [1.29, 1.82) is 0 Å². The lowest BCUT2D eigenvalue weighted by Gasteiger charge is -2.31. The molecule has 0 saturated heterocycles. The van der Waals surface area contributed by atoms with E-state index < -0.39 is 0 Å². The van der Waals surface area contributed by atoms with Crippen LogP contribution in [-0.2, 0) is 0 Å². The van der Waals surface area contributed by atoms with E-state index in [0.717, 1.165) is 28.1 Å². The van der Waals surface area contributed by atoms with Crippen molar-refractivity contribution in [1.82, 2.24) is 15.4 Å². The Balaban J connectivity index is 1.58.